The molecule has 3 rings (SSSR count). The summed E-state index contributed by atoms with van der Waals surface area (Å²) in [5, 5.41) is 2.97. The fourth-order valence-electron chi connectivity index (χ4n) is 3.41. The molecule has 0 saturated carbocycles. The van der Waals surface area contributed by atoms with Crippen molar-refractivity contribution in [2.24, 2.45) is 5.92 Å². The second kappa shape index (κ2) is 9.51. The molecule has 0 aliphatic carbocycles. The fourth-order valence-corrected chi connectivity index (χ4v) is 3.41. The number of nitrogens with one attached hydrogen (secondary N) is 1. The Hall–Kier alpha value is -2.66. The molecule has 0 radical (unpaired) electrons. The van der Waals surface area contributed by atoms with Gasteiger partial charge in [0.1, 0.15) is 6.04 Å². The number of morpholine rings is 1. The van der Waals surface area contributed by atoms with Crippen LogP contribution in [0.15, 0.2) is 54.6 Å². The molecular weight excluding hydrogens is 352 g/mol. The first kappa shape index (κ1) is 20.1. The van der Waals surface area contributed by atoms with E-state index in [2.05, 4.69) is 19.2 Å². The number of ether oxygens (including phenoxy) is 1. The van der Waals surface area contributed by atoms with Crippen molar-refractivity contribution in [3.63, 3.8) is 0 Å². The number of benzene rings is 2. The van der Waals surface area contributed by atoms with Crippen LogP contribution in [0.25, 0.3) is 11.1 Å². The van der Waals surface area contributed by atoms with Gasteiger partial charge in [-0.05, 0) is 35.6 Å². The monoisotopic (exact) mass is 380 g/mol. The molecule has 0 spiro atoms. The third-order valence-electron chi connectivity index (χ3n) is 4.87. The van der Waals surface area contributed by atoms with E-state index in [0.717, 1.165) is 11.1 Å². The van der Waals surface area contributed by atoms with Crippen LogP contribution in [0.3, 0.4) is 0 Å². The quantitative estimate of drug-likeness (QED) is 0.836. The van der Waals surface area contributed by atoms with Crippen molar-refractivity contribution >= 4 is 11.8 Å². The van der Waals surface area contributed by atoms with E-state index in [1.165, 1.54) is 0 Å². The number of hydrogen-bond donors (Lipinski definition) is 1. The minimum absolute atomic E-state index is 0.0236. The van der Waals surface area contributed by atoms with Crippen molar-refractivity contribution in [3.8, 4) is 11.1 Å². The minimum Gasteiger partial charge on any atom is -0.378 e. The number of nitrogens with zero attached hydrogens (tertiary/aromatic N) is 1. The van der Waals surface area contributed by atoms with Crippen LogP contribution in [-0.4, -0.2) is 49.1 Å². The topological polar surface area (TPSA) is 58.6 Å². The summed E-state index contributed by atoms with van der Waals surface area (Å²) in [7, 11) is 0. The van der Waals surface area contributed by atoms with Crippen LogP contribution in [0.2, 0.25) is 0 Å². The summed E-state index contributed by atoms with van der Waals surface area (Å²) in [4.78, 5) is 27.6. The number of carbonyl (C=O) groups is 2. The molecule has 2 aromatic rings. The summed E-state index contributed by atoms with van der Waals surface area (Å²) in [6.07, 6.45) is 0.611. The second-order valence-corrected chi connectivity index (χ2v) is 7.54. The van der Waals surface area contributed by atoms with E-state index < -0.39 is 6.04 Å². The van der Waals surface area contributed by atoms with Gasteiger partial charge >= 0.3 is 0 Å². The molecule has 1 saturated heterocycles. The summed E-state index contributed by atoms with van der Waals surface area (Å²) in [5.74, 6) is 0.0561. The number of rotatable bonds is 6. The van der Waals surface area contributed by atoms with Crippen LogP contribution >= 0.6 is 0 Å². The van der Waals surface area contributed by atoms with Gasteiger partial charge in [0, 0.05) is 18.7 Å². The molecule has 148 valence electrons. The highest BCUT2D eigenvalue weighted by Crippen LogP contribution is 2.20. The Labute approximate surface area is 166 Å². The maximum absolute atomic E-state index is 12.9. The normalized spacial score (nSPS) is 15.3. The van der Waals surface area contributed by atoms with Crippen molar-refractivity contribution in [1.82, 2.24) is 10.2 Å². The first-order valence-corrected chi connectivity index (χ1v) is 9.87. The SMILES string of the molecule is CC(C)C[C@@H](NC(=O)c1cccc(-c2ccccc2)c1)C(=O)N1CCOCC1. The maximum atomic E-state index is 12.9. The molecule has 5 heteroatoms. The van der Waals surface area contributed by atoms with Gasteiger partial charge in [-0.25, -0.2) is 0 Å². The van der Waals surface area contributed by atoms with Crippen molar-refractivity contribution in [2.75, 3.05) is 26.3 Å². The molecule has 2 amide bonds. The smallest absolute Gasteiger partial charge is 0.251 e. The molecular formula is C23H28N2O3. The highest BCUT2D eigenvalue weighted by molar-refractivity contribution is 5.98. The van der Waals surface area contributed by atoms with Crippen molar-refractivity contribution in [1.29, 1.82) is 0 Å². The zero-order chi connectivity index (χ0) is 19.9. The van der Waals surface area contributed by atoms with Gasteiger partial charge in [0.05, 0.1) is 13.2 Å². The van der Waals surface area contributed by atoms with Crippen molar-refractivity contribution in [2.45, 2.75) is 26.3 Å². The summed E-state index contributed by atoms with van der Waals surface area (Å²) in [5.41, 5.74) is 2.60. The standard InChI is InChI=1S/C23H28N2O3/c1-17(2)15-21(23(27)25-11-13-28-14-12-25)24-22(26)20-10-6-9-19(16-20)18-7-4-3-5-8-18/h3-10,16-17,21H,11-15H2,1-2H3,(H,24,26)/t21-/m1/s1. The largest absolute Gasteiger partial charge is 0.378 e. The lowest BCUT2D eigenvalue weighted by molar-refractivity contribution is -0.137. The zero-order valence-electron chi connectivity index (χ0n) is 16.6. The van der Waals surface area contributed by atoms with Gasteiger partial charge in [-0.3, -0.25) is 9.59 Å². The van der Waals surface area contributed by atoms with Crippen LogP contribution in [-0.2, 0) is 9.53 Å². The van der Waals surface area contributed by atoms with Crippen LogP contribution in [0.5, 0.6) is 0 Å². The summed E-state index contributed by atoms with van der Waals surface area (Å²) in [6.45, 7) is 6.36. The first-order valence-electron chi connectivity index (χ1n) is 9.87. The predicted octanol–water partition coefficient (Wildman–Crippen LogP) is 3.36. The Bertz CT molecular complexity index is 799. The van der Waals surface area contributed by atoms with Gasteiger partial charge in [-0.1, -0.05) is 56.3 Å². The van der Waals surface area contributed by atoms with E-state index in [0.29, 0.717) is 44.2 Å². The van der Waals surface area contributed by atoms with E-state index >= 15 is 0 Å². The number of carbonyl (C=O) groups excluding carboxylic acids is 2. The highest BCUT2D eigenvalue weighted by atomic mass is 16.5. The van der Waals surface area contributed by atoms with Gasteiger partial charge in [0.2, 0.25) is 5.91 Å². The van der Waals surface area contributed by atoms with Crippen LogP contribution < -0.4 is 5.32 Å². The fraction of sp³-hybridized carbons (Fsp3) is 0.391. The van der Waals surface area contributed by atoms with E-state index in [1.807, 2.05) is 48.5 Å². The highest BCUT2D eigenvalue weighted by Gasteiger charge is 2.28. The summed E-state index contributed by atoms with van der Waals surface area (Å²) in [6, 6.07) is 16.9. The van der Waals surface area contributed by atoms with Crippen molar-refractivity contribution in [3.05, 3.63) is 60.2 Å². The predicted molar refractivity (Wildman–Crippen MR) is 110 cm³/mol. The lowest BCUT2D eigenvalue weighted by Gasteiger charge is -2.31. The van der Waals surface area contributed by atoms with E-state index in [-0.39, 0.29) is 11.8 Å². The molecule has 2 aromatic carbocycles. The Morgan fingerprint density at radius 1 is 1.00 bits per heavy atom. The Morgan fingerprint density at radius 3 is 2.36 bits per heavy atom. The van der Waals surface area contributed by atoms with Gasteiger partial charge in [-0.2, -0.15) is 0 Å². The number of hydrogen-bond acceptors (Lipinski definition) is 3. The molecule has 5 nitrogen and oxygen atoms in total. The third kappa shape index (κ3) is 5.20. The van der Waals surface area contributed by atoms with E-state index in [4.69, 9.17) is 4.74 Å². The van der Waals surface area contributed by atoms with E-state index in [9.17, 15) is 9.59 Å². The lowest BCUT2D eigenvalue weighted by Crippen LogP contribution is -2.52. The molecule has 0 aromatic heterocycles. The Balaban J connectivity index is 1.75. The first-order chi connectivity index (χ1) is 13.5. The molecule has 1 heterocycles. The summed E-state index contributed by atoms with van der Waals surface area (Å²) >= 11 is 0. The third-order valence-corrected chi connectivity index (χ3v) is 4.87. The molecule has 0 bridgehead atoms. The molecule has 1 aliphatic heterocycles. The molecule has 0 unspecified atom stereocenters. The Morgan fingerprint density at radius 2 is 1.68 bits per heavy atom. The lowest BCUT2D eigenvalue weighted by atomic mass is 10.0. The van der Waals surface area contributed by atoms with Crippen molar-refractivity contribution < 1.29 is 14.3 Å². The van der Waals surface area contributed by atoms with E-state index in [1.54, 1.807) is 11.0 Å². The maximum Gasteiger partial charge on any atom is 0.251 e. The second-order valence-electron chi connectivity index (χ2n) is 7.54. The average Bonchev–Trinajstić information content (AvgIpc) is 2.73. The molecule has 1 atom stereocenters. The number of amides is 2. The molecule has 1 fully saturated rings. The zero-order valence-corrected chi connectivity index (χ0v) is 16.6. The van der Waals surface area contributed by atoms with Gasteiger partial charge in [0.15, 0.2) is 0 Å². The van der Waals surface area contributed by atoms with Gasteiger partial charge in [0.25, 0.3) is 5.91 Å². The Kier molecular flexibility index (Phi) is 6.82. The molecule has 1 N–H and O–H groups in total. The van der Waals surface area contributed by atoms with Gasteiger partial charge in [-0.15, -0.1) is 0 Å². The minimum atomic E-state index is -0.522. The molecule has 28 heavy (non-hydrogen) atoms. The molecule has 1 aliphatic rings. The average molecular weight is 380 g/mol. The van der Waals surface area contributed by atoms with Crippen LogP contribution in [0.1, 0.15) is 30.6 Å². The van der Waals surface area contributed by atoms with Gasteiger partial charge < -0.3 is 15.0 Å². The van der Waals surface area contributed by atoms with Crippen LogP contribution in [0, 0.1) is 5.92 Å². The van der Waals surface area contributed by atoms with Crippen LogP contribution in [0.4, 0.5) is 0 Å². The summed E-state index contributed by atoms with van der Waals surface area (Å²) < 4.78 is 5.34.